The van der Waals surface area contributed by atoms with Crippen LogP contribution in [0.25, 0.3) is 0 Å². The molecule has 6 nitrogen and oxygen atoms in total. The number of hydrogen-bond acceptors (Lipinski definition) is 3. The Morgan fingerprint density at radius 3 is 2.33 bits per heavy atom. The summed E-state index contributed by atoms with van der Waals surface area (Å²) in [6, 6.07) is 7.40. The van der Waals surface area contributed by atoms with Crippen molar-refractivity contribution < 1.29 is 14.7 Å². The van der Waals surface area contributed by atoms with Crippen LogP contribution in [0, 0.1) is 0 Å². The van der Waals surface area contributed by atoms with E-state index in [1.54, 1.807) is 9.80 Å². The number of carbonyl (C=O) groups excluding carboxylic acids is 2. The molecule has 0 aromatic heterocycles. The van der Waals surface area contributed by atoms with Crippen LogP contribution in [0.3, 0.4) is 0 Å². The fourth-order valence-electron chi connectivity index (χ4n) is 3.30. The molecule has 2 atom stereocenters. The molecule has 0 radical (unpaired) electrons. The van der Waals surface area contributed by atoms with Crippen molar-refractivity contribution in [1.82, 2.24) is 10.2 Å². The van der Waals surface area contributed by atoms with Crippen molar-refractivity contribution >= 4 is 17.6 Å². The van der Waals surface area contributed by atoms with Crippen molar-refractivity contribution in [2.24, 2.45) is 0 Å². The normalized spacial score (nSPS) is 25.2. The average Bonchev–Trinajstić information content (AvgIpc) is 2.88. The molecular weight excluding hydrogens is 306 g/mol. The van der Waals surface area contributed by atoms with Crippen molar-refractivity contribution in [3.63, 3.8) is 0 Å². The largest absolute Gasteiger partial charge is 0.374 e. The molecule has 0 bridgehead atoms. The highest BCUT2D eigenvalue weighted by Gasteiger charge is 2.40. The fourth-order valence-corrected chi connectivity index (χ4v) is 3.30. The highest BCUT2D eigenvalue weighted by molar-refractivity contribution is 5.97. The number of aliphatic hydroxyl groups is 1. The van der Waals surface area contributed by atoms with Gasteiger partial charge in [0, 0.05) is 18.8 Å². The first kappa shape index (κ1) is 16.8. The van der Waals surface area contributed by atoms with Crippen LogP contribution in [0.4, 0.5) is 10.5 Å². The van der Waals surface area contributed by atoms with E-state index >= 15 is 0 Å². The van der Waals surface area contributed by atoms with Crippen LogP contribution in [0.15, 0.2) is 24.3 Å². The Labute approximate surface area is 142 Å². The first-order valence-electron chi connectivity index (χ1n) is 8.44. The van der Waals surface area contributed by atoms with Gasteiger partial charge in [0.1, 0.15) is 12.3 Å². The molecule has 2 unspecified atom stereocenters. The van der Waals surface area contributed by atoms with Gasteiger partial charge in [0.25, 0.3) is 0 Å². The minimum Gasteiger partial charge on any atom is -0.374 e. The van der Waals surface area contributed by atoms with Gasteiger partial charge >= 0.3 is 6.03 Å². The number of piperidine rings is 1. The molecule has 2 saturated heterocycles. The number of aliphatic hydroxyl groups excluding tert-OH is 1. The number of benzene rings is 1. The minimum absolute atomic E-state index is 0.0700. The molecule has 0 spiro atoms. The first-order valence-corrected chi connectivity index (χ1v) is 8.44. The lowest BCUT2D eigenvalue weighted by atomic mass is 9.87. The van der Waals surface area contributed by atoms with Crippen molar-refractivity contribution in [2.45, 2.75) is 51.3 Å². The van der Waals surface area contributed by atoms with Crippen molar-refractivity contribution in [3.8, 4) is 0 Å². The van der Waals surface area contributed by atoms with Crippen LogP contribution in [0.5, 0.6) is 0 Å². The molecule has 0 aliphatic carbocycles. The molecule has 24 heavy (non-hydrogen) atoms. The van der Waals surface area contributed by atoms with Crippen LogP contribution in [-0.4, -0.2) is 47.3 Å². The zero-order valence-electron chi connectivity index (χ0n) is 14.5. The third-order valence-electron chi connectivity index (χ3n) is 4.79. The monoisotopic (exact) mass is 331 g/mol. The molecule has 3 amide bonds. The summed E-state index contributed by atoms with van der Waals surface area (Å²) < 4.78 is 0. The third kappa shape index (κ3) is 3.11. The molecule has 0 saturated carbocycles. The number of rotatable bonds is 2. The van der Waals surface area contributed by atoms with Crippen molar-refractivity contribution in [3.05, 3.63) is 29.8 Å². The number of anilines is 1. The maximum atomic E-state index is 12.7. The van der Waals surface area contributed by atoms with Gasteiger partial charge in [-0.2, -0.15) is 0 Å². The Morgan fingerprint density at radius 2 is 1.75 bits per heavy atom. The molecule has 1 aromatic carbocycles. The van der Waals surface area contributed by atoms with Crippen LogP contribution in [0.1, 0.15) is 39.2 Å². The Hall–Kier alpha value is -2.08. The van der Waals surface area contributed by atoms with Gasteiger partial charge in [-0.1, -0.05) is 32.9 Å². The van der Waals surface area contributed by atoms with E-state index in [0.717, 1.165) is 5.69 Å². The van der Waals surface area contributed by atoms with E-state index in [9.17, 15) is 14.7 Å². The van der Waals surface area contributed by atoms with Gasteiger partial charge in [0.2, 0.25) is 5.91 Å². The van der Waals surface area contributed by atoms with E-state index in [2.05, 4.69) is 38.2 Å². The molecule has 2 fully saturated rings. The topological polar surface area (TPSA) is 72.9 Å². The van der Waals surface area contributed by atoms with Gasteiger partial charge < -0.3 is 15.3 Å². The molecule has 2 heterocycles. The lowest BCUT2D eigenvalue weighted by molar-refractivity contribution is -0.131. The molecule has 2 N–H and O–H groups in total. The van der Waals surface area contributed by atoms with E-state index in [0.29, 0.717) is 25.9 Å². The molecule has 3 rings (SSSR count). The number of amides is 3. The molecule has 1 aromatic rings. The fraction of sp³-hybridized carbons (Fsp3) is 0.556. The molecule has 2 aliphatic heterocycles. The maximum Gasteiger partial charge on any atom is 0.325 e. The third-order valence-corrected chi connectivity index (χ3v) is 4.79. The predicted octanol–water partition coefficient (Wildman–Crippen LogP) is 1.82. The summed E-state index contributed by atoms with van der Waals surface area (Å²) >= 11 is 0. The SMILES string of the molecule is CC(C)(C)c1ccc(N2CCN(C3CCC(O)NC3=O)C2=O)cc1. The zero-order valence-corrected chi connectivity index (χ0v) is 14.5. The van der Waals surface area contributed by atoms with Crippen LogP contribution < -0.4 is 10.2 Å². The second-order valence-corrected chi connectivity index (χ2v) is 7.54. The molecular formula is C18H25N3O3. The number of nitrogens with zero attached hydrogens (tertiary/aromatic N) is 2. The summed E-state index contributed by atoms with van der Waals surface area (Å²) in [6.45, 7) is 7.55. The number of hydrogen-bond donors (Lipinski definition) is 2. The predicted molar refractivity (Wildman–Crippen MR) is 91.8 cm³/mol. The van der Waals surface area contributed by atoms with Gasteiger partial charge in [0.05, 0.1) is 0 Å². The highest BCUT2D eigenvalue weighted by Crippen LogP contribution is 2.28. The summed E-state index contributed by atoms with van der Waals surface area (Å²) in [5, 5.41) is 12.0. The highest BCUT2D eigenvalue weighted by atomic mass is 16.3. The lowest BCUT2D eigenvalue weighted by Gasteiger charge is -2.32. The standard InChI is InChI=1S/C18H25N3O3/c1-18(2,3)12-4-6-13(7-5-12)20-10-11-21(17(20)24)14-8-9-15(22)19-16(14)23/h4-7,14-15,22H,8-11H2,1-3H3,(H,19,23). The summed E-state index contributed by atoms with van der Waals surface area (Å²) in [5.74, 6) is -0.271. The smallest absolute Gasteiger partial charge is 0.325 e. The van der Waals surface area contributed by atoms with Crippen LogP contribution in [0.2, 0.25) is 0 Å². The Balaban J connectivity index is 1.73. The summed E-state index contributed by atoms with van der Waals surface area (Å²) in [7, 11) is 0. The Kier molecular flexibility index (Phi) is 4.25. The Bertz CT molecular complexity index is 636. The first-order chi connectivity index (χ1) is 11.3. The molecule has 130 valence electrons. The number of nitrogens with one attached hydrogen (secondary N) is 1. The molecule has 2 aliphatic rings. The lowest BCUT2D eigenvalue weighted by Crippen LogP contribution is -2.55. The van der Waals surface area contributed by atoms with Gasteiger partial charge in [-0.3, -0.25) is 9.69 Å². The Morgan fingerprint density at radius 1 is 1.08 bits per heavy atom. The van der Waals surface area contributed by atoms with Gasteiger partial charge in [0.15, 0.2) is 0 Å². The quantitative estimate of drug-likeness (QED) is 0.868. The van der Waals surface area contributed by atoms with Gasteiger partial charge in [-0.15, -0.1) is 0 Å². The second kappa shape index (κ2) is 6.09. The van der Waals surface area contributed by atoms with E-state index in [4.69, 9.17) is 0 Å². The summed E-state index contributed by atoms with van der Waals surface area (Å²) in [4.78, 5) is 28.1. The second-order valence-electron chi connectivity index (χ2n) is 7.54. The van der Waals surface area contributed by atoms with Crippen LogP contribution in [-0.2, 0) is 10.2 Å². The molecule has 6 heteroatoms. The van der Waals surface area contributed by atoms with Crippen molar-refractivity contribution in [2.75, 3.05) is 18.0 Å². The van der Waals surface area contributed by atoms with Gasteiger partial charge in [-0.05, 0) is 36.0 Å². The van der Waals surface area contributed by atoms with E-state index in [-0.39, 0.29) is 17.4 Å². The summed E-state index contributed by atoms with van der Waals surface area (Å²) in [6.07, 6.45) is 0.170. The zero-order chi connectivity index (χ0) is 17.5. The van der Waals surface area contributed by atoms with E-state index in [1.807, 2.05) is 12.1 Å². The van der Waals surface area contributed by atoms with Crippen molar-refractivity contribution in [1.29, 1.82) is 0 Å². The number of urea groups is 1. The minimum atomic E-state index is -0.799. The van der Waals surface area contributed by atoms with E-state index < -0.39 is 12.3 Å². The van der Waals surface area contributed by atoms with E-state index in [1.165, 1.54) is 5.56 Å². The number of carbonyl (C=O) groups is 2. The average molecular weight is 331 g/mol. The van der Waals surface area contributed by atoms with Crippen LogP contribution >= 0.6 is 0 Å². The summed E-state index contributed by atoms with van der Waals surface area (Å²) in [5.41, 5.74) is 2.14. The maximum absolute atomic E-state index is 12.7. The van der Waals surface area contributed by atoms with Gasteiger partial charge in [-0.25, -0.2) is 4.79 Å².